The fraction of sp³-hybridized carbons (Fsp3) is 0.538. The fourth-order valence-electron chi connectivity index (χ4n) is 2.58. The van der Waals surface area contributed by atoms with Gasteiger partial charge in [-0.3, -0.25) is 0 Å². The first-order valence-corrected chi connectivity index (χ1v) is 8.78. The van der Waals surface area contributed by atoms with E-state index in [4.69, 9.17) is 5.73 Å². The minimum Gasteiger partial charge on any atom is -0.399 e. The molecule has 2 atom stereocenters. The van der Waals surface area contributed by atoms with Gasteiger partial charge in [-0.15, -0.1) is 0 Å². The molecule has 2 rings (SSSR count). The Hall–Kier alpha value is -0.630. The molecule has 20 heavy (non-hydrogen) atoms. The van der Waals surface area contributed by atoms with Crippen LogP contribution in [-0.4, -0.2) is 37.0 Å². The van der Waals surface area contributed by atoms with Gasteiger partial charge >= 0.3 is 0 Å². The Balaban J connectivity index is 2.33. The normalized spacial score (nSPS) is 24.0. The fourth-order valence-corrected chi connectivity index (χ4v) is 5.04. The predicted octanol–water partition coefficient (Wildman–Crippen LogP) is 1.96. The number of nitrogen functional groups attached to an aromatic ring is 1. The molecule has 1 aromatic carbocycles. The zero-order chi connectivity index (χ0) is 14.9. The number of hydrogen-bond acceptors (Lipinski definition) is 4. The molecule has 1 aliphatic rings. The van der Waals surface area contributed by atoms with Gasteiger partial charge in [0, 0.05) is 17.2 Å². The zero-order valence-corrected chi connectivity index (χ0v) is 13.7. The molecule has 3 N–H and O–H groups in total. The van der Waals surface area contributed by atoms with Gasteiger partial charge in [0.05, 0.1) is 17.0 Å². The minimum atomic E-state index is -3.65. The second kappa shape index (κ2) is 6.01. The lowest BCUT2D eigenvalue weighted by Crippen LogP contribution is -2.46. The molecular weight excluding hydrogens is 344 g/mol. The van der Waals surface area contributed by atoms with Gasteiger partial charge < -0.3 is 10.8 Å². The monoisotopic (exact) mass is 362 g/mol. The van der Waals surface area contributed by atoms with Gasteiger partial charge in [-0.05, 0) is 47.0 Å². The van der Waals surface area contributed by atoms with E-state index in [2.05, 4.69) is 15.9 Å². The van der Waals surface area contributed by atoms with Crippen molar-refractivity contribution in [1.29, 1.82) is 0 Å². The lowest BCUT2D eigenvalue weighted by Gasteiger charge is -2.34. The number of hydrogen-bond donors (Lipinski definition) is 2. The highest BCUT2D eigenvalue weighted by Gasteiger charge is 2.35. The highest BCUT2D eigenvalue weighted by Crippen LogP contribution is 2.31. The van der Waals surface area contributed by atoms with Crippen LogP contribution in [0.15, 0.2) is 27.6 Å². The van der Waals surface area contributed by atoms with E-state index in [1.807, 2.05) is 0 Å². The van der Waals surface area contributed by atoms with E-state index in [0.29, 0.717) is 23.0 Å². The summed E-state index contributed by atoms with van der Waals surface area (Å²) in [7, 11) is -2.12. The van der Waals surface area contributed by atoms with Crippen LogP contribution in [0.25, 0.3) is 0 Å². The Bertz CT molecular complexity index is 591. The van der Waals surface area contributed by atoms with Crippen LogP contribution in [0.4, 0.5) is 5.69 Å². The van der Waals surface area contributed by atoms with Crippen LogP contribution in [0.5, 0.6) is 0 Å². The molecule has 1 aliphatic carbocycles. The number of rotatable bonds is 3. The van der Waals surface area contributed by atoms with Crippen molar-refractivity contribution < 1.29 is 13.5 Å². The summed E-state index contributed by atoms with van der Waals surface area (Å²) in [6.07, 6.45) is 2.61. The Morgan fingerprint density at radius 3 is 2.60 bits per heavy atom. The molecular formula is C13H19BrN2O3S. The molecule has 0 aromatic heterocycles. The molecule has 5 nitrogen and oxygen atoms in total. The lowest BCUT2D eigenvalue weighted by atomic mass is 9.93. The van der Waals surface area contributed by atoms with Crippen LogP contribution in [-0.2, 0) is 10.0 Å². The number of nitrogens with two attached hydrogens (primary N) is 1. The second-order valence-corrected chi connectivity index (χ2v) is 7.95. The number of aliphatic hydroxyl groups is 1. The number of anilines is 1. The highest BCUT2D eigenvalue weighted by atomic mass is 79.9. The van der Waals surface area contributed by atoms with Gasteiger partial charge in [0.15, 0.2) is 0 Å². The van der Waals surface area contributed by atoms with Gasteiger partial charge in [-0.2, -0.15) is 4.31 Å². The number of halogens is 1. The first-order valence-electron chi connectivity index (χ1n) is 6.55. The number of benzene rings is 1. The Morgan fingerprint density at radius 1 is 1.35 bits per heavy atom. The Kier molecular flexibility index (Phi) is 4.73. The summed E-state index contributed by atoms with van der Waals surface area (Å²) in [5.41, 5.74) is 6.13. The number of aliphatic hydroxyl groups excluding tert-OH is 1. The average molecular weight is 363 g/mol. The van der Waals surface area contributed by atoms with E-state index in [1.165, 1.54) is 17.4 Å². The number of sulfonamides is 1. The van der Waals surface area contributed by atoms with Crippen molar-refractivity contribution in [2.75, 3.05) is 12.8 Å². The number of nitrogens with zero attached hydrogens (tertiary/aromatic N) is 1. The first-order chi connectivity index (χ1) is 9.34. The minimum absolute atomic E-state index is 0.173. The van der Waals surface area contributed by atoms with E-state index >= 15 is 0 Å². The molecule has 0 bridgehead atoms. The lowest BCUT2D eigenvalue weighted by molar-refractivity contribution is 0.0638. The summed E-state index contributed by atoms with van der Waals surface area (Å²) in [6, 6.07) is 4.25. The van der Waals surface area contributed by atoms with Gasteiger partial charge in [0.25, 0.3) is 0 Å². The van der Waals surface area contributed by atoms with Gasteiger partial charge in [-0.25, -0.2) is 8.42 Å². The van der Waals surface area contributed by atoms with Crippen molar-refractivity contribution in [3.63, 3.8) is 0 Å². The smallest absolute Gasteiger partial charge is 0.244 e. The topological polar surface area (TPSA) is 83.6 Å². The second-order valence-electron chi connectivity index (χ2n) is 5.13. The van der Waals surface area contributed by atoms with E-state index in [0.717, 1.165) is 12.8 Å². The van der Waals surface area contributed by atoms with E-state index in [1.54, 1.807) is 12.1 Å². The van der Waals surface area contributed by atoms with Crippen molar-refractivity contribution >= 4 is 31.6 Å². The van der Waals surface area contributed by atoms with Crippen LogP contribution in [0, 0.1) is 0 Å². The van der Waals surface area contributed by atoms with Gasteiger partial charge in [-0.1, -0.05) is 12.8 Å². The molecule has 1 aromatic rings. The maximum Gasteiger partial charge on any atom is 0.244 e. The summed E-state index contributed by atoms with van der Waals surface area (Å²) in [5.74, 6) is 0. The Morgan fingerprint density at radius 2 is 2.00 bits per heavy atom. The molecule has 0 spiro atoms. The summed E-state index contributed by atoms with van der Waals surface area (Å²) < 4.78 is 27.0. The van der Waals surface area contributed by atoms with Crippen LogP contribution >= 0.6 is 15.9 Å². The van der Waals surface area contributed by atoms with Gasteiger partial charge in [0.2, 0.25) is 10.0 Å². The largest absolute Gasteiger partial charge is 0.399 e. The van der Waals surface area contributed by atoms with Crippen LogP contribution in [0.1, 0.15) is 25.7 Å². The maximum atomic E-state index is 12.7. The summed E-state index contributed by atoms with van der Waals surface area (Å²) in [5, 5.41) is 10.0. The molecule has 1 saturated carbocycles. The molecule has 112 valence electrons. The third-order valence-corrected chi connectivity index (χ3v) is 6.63. The summed E-state index contributed by atoms with van der Waals surface area (Å²) in [4.78, 5) is 0.173. The van der Waals surface area contributed by atoms with Gasteiger partial charge in [0.1, 0.15) is 0 Å². The molecule has 0 radical (unpaired) electrons. The first kappa shape index (κ1) is 15.8. The Labute approximate surface area is 128 Å². The molecule has 0 aliphatic heterocycles. The predicted molar refractivity (Wildman–Crippen MR) is 81.8 cm³/mol. The van der Waals surface area contributed by atoms with Crippen LogP contribution in [0.3, 0.4) is 0 Å². The van der Waals surface area contributed by atoms with Crippen LogP contribution in [0.2, 0.25) is 0 Å². The van der Waals surface area contributed by atoms with Crippen molar-refractivity contribution in [1.82, 2.24) is 4.31 Å². The highest BCUT2D eigenvalue weighted by molar-refractivity contribution is 9.10. The number of likely N-dealkylation sites (N-methyl/N-ethyl adjacent to an activating group) is 1. The third-order valence-electron chi connectivity index (χ3n) is 3.77. The molecule has 1 fully saturated rings. The standard InChI is InChI=1S/C13H19BrN2O3S/c1-16(11-4-2-3-5-12(11)17)20(18,19)13-7-6-9(15)8-10(13)14/h6-8,11-12,17H,2-5,15H2,1H3. The van der Waals surface area contributed by atoms with Crippen molar-refractivity contribution in [3.05, 3.63) is 22.7 Å². The molecule has 0 saturated heterocycles. The summed E-state index contributed by atoms with van der Waals surface area (Å²) >= 11 is 3.24. The van der Waals surface area contributed by atoms with E-state index in [-0.39, 0.29) is 10.9 Å². The quantitative estimate of drug-likeness (QED) is 0.805. The molecule has 2 unspecified atom stereocenters. The summed E-state index contributed by atoms with van der Waals surface area (Å²) in [6.45, 7) is 0. The van der Waals surface area contributed by atoms with E-state index in [9.17, 15) is 13.5 Å². The van der Waals surface area contributed by atoms with E-state index < -0.39 is 16.1 Å². The van der Waals surface area contributed by atoms with Crippen molar-refractivity contribution in [3.8, 4) is 0 Å². The molecule has 7 heteroatoms. The van der Waals surface area contributed by atoms with Crippen LogP contribution < -0.4 is 5.73 Å². The third kappa shape index (κ3) is 3.00. The zero-order valence-electron chi connectivity index (χ0n) is 11.3. The SMILES string of the molecule is CN(C1CCCCC1O)S(=O)(=O)c1ccc(N)cc1Br. The molecule has 0 amide bonds. The van der Waals surface area contributed by atoms with Crippen molar-refractivity contribution in [2.24, 2.45) is 0 Å². The maximum absolute atomic E-state index is 12.7. The van der Waals surface area contributed by atoms with Crippen molar-refractivity contribution in [2.45, 2.75) is 42.7 Å². The molecule has 0 heterocycles. The average Bonchev–Trinajstić information content (AvgIpc) is 2.38.